The van der Waals surface area contributed by atoms with Gasteiger partial charge >= 0.3 is 23.9 Å². The summed E-state index contributed by atoms with van der Waals surface area (Å²) in [6.07, 6.45) is 8.49. The quantitative estimate of drug-likeness (QED) is 0.123. The fourth-order valence-electron chi connectivity index (χ4n) is 7.16. The van der Waals surface area contributed by atoms with Crippen LogP contribution in [-0.2, 0) is 30.3 Å². The second-order valence-corrected chi connectivity index (χ2v) is 14.8. The summed E-state index contributed by atoms with van der Waals surface area (Å²) in [5, 5.41) is 41.0. The van der Waals surface area contributed by atoms with Gasteiger partial charge < -0.3 is 39.7 Å². The van der Waals surface area contributed by atoms with Gasteiger partial charge in [0.15, 0.2) is 0 Å². The molecule has 2 atom stereocenters. The molecule has 2 aliphatic heterocycles. The number of aliphatic carboxylic acids is 4. The van der Waals surface area contributed by atoms with E-state index in [4.69, 9.17) is 53.8 Å². The molecule has 0 unspecified atom stereocenters. The number of thiophene rings is 1. The molecule has 3 heterocycles. The van der Waals surface area contributed by atoms with E-state index >= 15 is 0 Å². The Bertz CT molecular complexity index is 1870. The topological polar surface area (TPSA) is 204 Å². The summed E-state index contributed by atoms with van der Waals surface area (Å²) in [7, 11) is 0. The van der Waals surface area contributed by atoms with E-state index in [1.54, 1.807) is 17.4 Å². The lowest BCUT2D eigenvalue weighted by atomic mass is 9.91. The lowest BCUT2D eigenvalue weighted by Crippen LogP contribution is -2.52. The first-order valence-electron chi connectivity index (χ1n) is 18.7. The van der Waals surface area contributed by atoms with E-state index in [9.17, 15) is 5.11 Å². The maximum atomic E-state index is 10.2. The number of ether oxygens (including phenoxy) is 3. The van der Waals surface area contributed by atoms with Crippen molar-refractivity contribution in [3.63, 3.8) is 0 Å². The second kappa shape index (κ2) is 20.6. The minimum atomic E-state index is -1.82. The molecule has 0 spiro atoms. The van der Waals surface area contributed by atoms with Gasteiger partial charge in [-0.1, -0.05) is 18.6 Å². The number of benzene rings is 3. The van der Waals surface area contributed by atoms with Crippen LogP contribution in [0.15, 0.2) is 66.7 Å². The fraction of sp³-hybridized carbons (Fsp3) is 0.415. The molecule has 3 fully saturated rings. The van der Waals surface area contributed by atoms with Crippen LogP contribution >= 0.6 is 11.3 Å². The van der Waals surface area contributed by atoms with Crippen molar-refractivity contribution in [3.8, 4) is 27.7 Å². The Morgan fingerprint density at radius 2 is 1.34 bits per heavy atom. The monoisotopic (exact) mass is 792 g/mol. The van der Waals surface area contributed by atoms with Crippen molar-refractivity contribution in [3.05, 3.63) is 77.9 Å². The summed E-state index contributed by atoms with van der Waals surface area (Å²) in [5.74, 6) is -5.12. The number of hydrogen-bond acceptors (Lipinski definition) is 11. The number of morpholine rings is 1. The number of rotatable bonds is 10. The van der Waals surface area contributed by atoms with Gasteiger partial charge in [-0.15, -0.1) is 11.3 Å². The molecule has 5 N–H and O–H groups in total. The molecule has 1 aromatic heterocycles. The maximum Gasteiger partial charge on any atom is 0.414 e. The van der Waals surface area contributed by atoms with E-state index in [1.807, 2.05) is 6.07 Å². The number of hydrogen-bond donors (Lipinski definition) is 5. The average Bonchev–Trinajstić information content (AvgIpc) is 3.85. The van der Waals surface area contributed by atoms with E-state index in [0.717, 1.165) is 68.5 Å². The van der Waals surface area contributed by atoms with Crippen LogP contribution in [0.4, 0.5) is 0 Å². The molecule has 56 heavy (non-hydrogen) atoms. The number of carboxylic acids is 4. The van der Waals surface area contributed by atoms with Crippen LogP contribution in [0.3, 0.4) is 0 Å². The number of carbonyl (C=O) groups is 4. The molecular weight excluding hydrogens is 745 g/mol. The number of likely N-dealkylation sites (tertiary alicyclic amines) is 1. The van der Waals surface area contributed by atoms with Gasteiger partial charge in [-0.25, -0.2) is 19.2 Å². The van der Waals surface area contributed by atoms with Crippen molar-refractivity contribution in [1.82, 2.24) is 9.80 Å². The van der Waals surface area contributed by atoms with Gasteiger partial charge in [0.25, 0.3) is 0 Å². The van der Waals surface area contributed by atoms with Gasteiger partial charge in [0, 0.05) is 35.3 Å². The third-order valence-electron chi connectivity index (χ3n) is 9.91. The molecule has 1 saturated carbocycles. The Morgan fingerprint density at radius 1 is 0.732 bits per heavy atom. The number of phenols is 1. The van der Waals surface area contributed by atoms with E-state index in [0.29, 0.717) is 11.8 Å². The zero-order chi connectivity index (χ0) is 40.0. The summed E-state index contributed by atoms with van der Waals surface area (Å²) in [4.78, 5) is 42.7. The maximum absolute atomic E-state index is 10.2. The minimum absolute atomic E-state index is 0.236. The second-order valence-electron chi connectivity index (χ2n) is 13.7. The van der Waals surface area contributed by atoms with Gasteiger partial charge in [-0.05, 0) is 128 Å². The van der Waals surface area contributed by atoms with Crippen molar-refractivity contribution in [2.75, 3.05) is 52.5 Å². The smallest absolute Gasteiger partial charge is 0.414 e. The first-order chi connectivity index (χ1) is 27.0. The molecular formula is C41H48N2O12S. The van der Waals surface area contributed by atoms with Gasteiger partial charge in [0.1, 0.15) is 30.0 Å². The zero-order valence-electron chi connectivity index (χ0n) is 31.0. The molecule has 0 bridgehead atoms. The van der Waals surface area contributed by atoms with E-state index in [1.165, 1.54) is 72.1 Å². The number of phenolic OH excluding ortho intramolecular Hbond substituents is 1. The Hall–Kier alpha value is -5.22. The number of fused-ring (bicyclic) bond motifs is 1. The first kappa shape index (κ1) is 41.9. The predicted molar refractivity (Wildman–Crippen MR) is 209 cm³/mol. The molecule has 4 aromatic rings. The van der Waals surface area contributed by atoms with Crippen molar-refractivity contribution in [2.45, 2.75) is 57.1 Å². The van der Waals surface area contributed by atoms with Crippen LogP contribution in [0.25, 0.3) is 20.5 Å². The van der Waals surface area contributed by atoms with E-state index in [2.05, 4.69) is 64.4 Å². The van der Waals surface area contributed by atoms with Crippen LogP contribution in [-0.4, -0.2) is 124 Å². The summed E-state index contributed by atoms with van der Waals surface area (Å²) >= 11 is 1.75. The molecule has 0 amide bonds. The highest BCUT2D eigenvalue weighted by Gasteiger charge is 2.32. The van der Waals surface area contributed by atoms with Crippen LogP contribution in [0, 0.1) is 0 Å². The highest BCUT2D eigenvalue weighted by molar-refractivity contribution is 7.22. The molecule has 0 radical (unpaired) electrons. The molecule has 14 nitrogen and oxygen atoms in total. The van der Waals surface area contributed by atoms with E-state index in [-0.39, 0.29) is 6.10 Å². The van der Waals surface area contributed by atoms with Crippen molar-refractivity contribution in [2.24, 2.45) is 0 Å². The minimum Gasteiger partial charge on any atom is -0.508 e. The van der Waals surface area contributed by atoms with Crippen LogP contribution in [0.5, 0.6) is 17.2 Å². The Morgan fingerprint density at radius 3 is 1.96 bits per heavy atom. The first-order valence-corrected chi connectivity index (χ1v) is 19.5. The average molecular weight is 793 g/mol. The fourth-order valence-corrected chi connectivity index (χ4v) is 8.42. The summed E-state index contributed by atoms with van der Waals surface area (Å²) in [6.45, 7) is 7.77. The normalized spacial score (nSPS) is 18.5. The summed E-state index contributed by atoms with van der Waals surface area (Å²) in [6, 6.07) is 23.5. The third-order valence-corrected chi connectivity index (χ3v) is 11.2. The van der Waals surface area contributed by atoms with Crippen LogP contribution in [0.1, 0.15) is 49.7 Å². The van der Waals surface area contributed by atoms with Gasteiger partial charge in [0.05, 0.1) is 13.2 Å². The van der Waals surface area contributed by atoms with Crippen LogP contribution < -0.4 is 9.47 Å². The molecule has 2 saturated heterocycles. The van der Waals surface area contributed by atoms with Gasteiger partial charge in [0.2, 0.25) is 0 Å². The van der Waals surface area contributed by atoms with Crippen molar-refractivity contribution in [1.29, 1.82) is 0 Å². The number of nitrogens with zero attached hydrogens (tertiary/aromatic N) is 2. The lowest BCUT2D eigenvalue weighted by Gasteiger charge is -2.41. The Kier molecular flexibility index (Phi) is 15.4. The SMILES string of the molecule is O=C(O)C(=O)O.O=C(O)C(=O)O.Oc1ccc2c(Cc3ccc(O[C@@H]4CCCC[C@H]4N4CCOCC4)cc3)c(-c3ccc(OCCN4CCCC4)cc3)sc2c1. The van der Waals surface area contributed by atoms with E-state index < -0.39 is 23.9 Å². The summed E-state index contributed by atoms with van der Waals surface area (Å²) < 4.78 is 19.4. The zero-order valence-corrected chi connectivity index (χ0v) is 31.8. The highest BCUT2D eigenvalue weighted by atomic mass is 32.1. The number of aromatic hydroxyl groups is 1. The molecule has 3 aromatic carbocycles. The molecule has 300 valence electrons. The number of carboxylic acid groups (broad SMARTS) is 4. The van der Waals surface area contributed by atoms with Crippen LogP contribution in [0.2, 0.25) is 0 Å². The lowest BCUT2D eigenvalue weighted by molar-refractivity contribution is -0.159. The molecule has 7 rings (SSSR count). The van der Waals surface area contributed by atoms with Crippen molar-refractivity contribution >= 4 is 45.3 Å². The van der Waals surface area contributed by atoms with Gasteiger partial charge in [-0.2, -0.15) is 0 Å². The van der Waals surface area contributed by atoms with Crippen molar-refractivity contribution < 1.29 is 58.9 Å². The van der Waals surface area contributed by atoms with Gasteiger partial charge in [-0.3, -0.25) is 9.80 Å². The molecule has 3 aliphatic rings. The standard InChI is InChI=1S/C37H44N2O4S.2C2H2O4/c40-29-11-16-32-33(37(44-36(32)26-29)28-9-14-30(15-10-28)42-24-19-38-17-3-4-18-38)25-27-7-12-31(13-8-27)43-35-6-2-1-5-34(35)39-20-22-41-23-21-39;2*3-1(4)2(5)6/h7-16,26,34-35,40H,1-6,17-25H2;2*(H,3,4)(H,5,6)/t34-,35-;;/m1../s1. The molecule has 1 aliphatic carbocycles. The Balaban J connectivity index is 0.000000437. The summed E-state index contributed by atoms with van der Waals surface area (Å²) in [5.41, 5.74) is 3.72. The largest absolute Gasteiger partial charge is 0.508 e. The third kappa shape index (κ3) is 12.1. The highest BCUT2D eigenvalue weighted by Crippen LogP contribution is 2.41. The molecule has 15 heteroatoms. The predicted octanol–water partition coefficient (Wildman–Crippen LogP) is 5.67. The Labute approximate surface area is 328 Å².